The van der Waals surface area contributed by atoms with E-state index in [4.69, 9.17) is 23.9 Å². The summed E-state index contributed by atoms with van der Waals surface area (Å²) in [5, 5.41) is 0. The molecule has 198 valence electrons. The Balaban J connectivity index is 1.68. The number of H-pyrrole nitrogens is 1. The third kappa shape index (κ3) is 5.19. The molecule has 1 aliphatic rings. The number of ketones is 1. The number of ether oxygens (including phenoxy) is 4. The Morgan fingerprint density at radius 1 is 1.08 bits per heavy atom. The molecule has 0 aliphatic carbocycles. The molecule has 1 aliphatic heterocycles. The van der Waals surface area contributed by atoms with Crippen molar-refractivity contribution < 1.29 is 28.5 Å². The Morgan fingerprint density at radius 2 is 1.76 bits per heavy atom. The van der Waals surface area contributed by atoms with Gasteiger partial charge in [-0.05, 0) is 45.7 Å². The van der Waals surface area contributed by atoms with Crippen LogP contribution >= 0.6 is 0 Å². The highest BCUT2D eigenvalue weighted by molar-refractivity contribution is 6.09. The van der Waals surface area contributed by atoms with E-state index in [0.29, 0.717) is 64.6 Å². The largest absolute Gasteiger partial charge is 0.493 e. The second-order valence-corrected chi connectivity index (χ2v) is 10.5. The highest BCUT2D eigenvalue weighted by Crippen LogP contribution is 2.41. The summed E-state index contributed by atoms with van der Waals surface area (Å²) in [6.07, 6.45) is 4.21. The number of amides is 1. The minimum absolute atomic E-state index is 0.0941. The van der Waals surface area contributed by atoms with Gasteiger partial charge in [0, 0.05) is 30.3 Å². The minimum atomic E-state index is -0.783. The topological polar surface area (TPSA) is 116 Å². The summed E-state index contributed by atoms with van der Waals surface area (Å²) in [7, 11) is 4.63. The number of carbonyl (C=O) groups excluding carboxylic acids is 2. The summed E-state index contributed by atoms with van der Waals surface area (Å²) >= 11 is 0. The maximum Gasteiger partial charge on any atom is 0.410 e. The molecule has 3 heterocycles. The first-order chi connectivity index (χ1) is 17.5. The van der Waals surface area contributed by atoms with Crippen molar-refractivity contribution in [2.75, 3.05) is 34.4 Å². The number of aromatic amines is 1. The maximum absolute atomic E-state index is 13.9. The average molecular weight is 511 g/mol. The Morgan fingerprint density at radius 3 is 2.35 bits per heavy atom. The number of fused-ring (bicyclic) bond motifs is 1. The molecule has 37 heavy (non-hydrogen) atoms. The first kappa shape index (κ1) is 26.2. The molecule has 3 aromatic rings. The Hall–Kier alpha value is -3.82. The van der Waals surface area contributed by atoms with Crippen molar-refractivity contribution >= 4 is 23.0 Å². The van der Waals surface area contributed by atoms with Crippen LogP contribution < -0.4 is 14.2 Å². The molecule has 4 rings (SSSR count). The molecule has 1 atom stereocenters. The Kier molecular flexibility index (Phi) is 7.03. The minimum Gasteiger partial charge on any atom is -0.493 e. The lowest BCUT2D eigenvalue weighted by Gasteiger charge is -2.39. The van der Waals surface area contributed by atoms with Crippen LogP contribution in [0, 0.1) is 5.41 Å². The van der Waals surface area contributed by atoms with Gasteiger partial charge in [0.25, 0.3) is 0 Å². The van der Waals surface area contributed by atoms with E-state index in [1.54, 1.807) is 50.8 Å². The summed E-state index contributed by atoms with van der Waals surface area (Å²) < 4.78 is 21.9. The number of hydrogen-bond acceptors (Lipinski definition) is 8. The highest BCUT2D eigenvalue weighted by atomic mass is 16.6. The van der Waals surface area contributed by atoms with Gasteiger partial charge >= 0.3 is 6.09 Å². The SMILES string of the molecule is COc1cc(-c2cnc3[nH]cc(C(=O)C4(C)CCCN(C(=O)OC(C)(C)C)C4)c3n2)cc(OC)c1OC. The fourth-order valence-corrected chi connectivity index (χ4v) is 4.66. The van der Waals surface area contributed by atoms with Crippen molar-refractivity contribution in [1.82, 2.24) is 19.9 Å². The van der Waals surface area contributed by atoms with Gasteiger partial charge in [0.2, 0.25) is 5.75 Å². The highest BCUT2D eigenvalue weighted by Gasteiger charge is 2.41. The van der Waals surface area contributed by atoms with Crippen LogP contribution in [-0.4, -0.2) is 71.7 Å². The summed E-state index contributed by atoms with van der Waals surface area (Å²) in [6.45, 7) is 8.20. The van der Waals surface area contributed by atoms with Gasteiger partial charge in [0.1, 0.15) is 11.1 Å². The van der Waals surface area contributed by atoms with Crippen LogP contribution in [0.4, 0.5) is 4.79 Å². The zero-order chi connectivity index (χ0) is 27.0. The second-order valence-electron chi connectivity index (χ2n) is 10.5. The molecule has 1 aromatic carbocycles. The number of methoxy groups -OCH3 is 3. The summed E-state index contributed by atoms with van der Waals surface area (Å²) in [4.78, 5) is 40.5. The molecule has 1 N–H and O–H groups in total. The zero-order valence-corrected chi connectivity index (χ0v) is 22.4. The van der Waals surface area contributed by atoms with Crippen LogP contribution in [0.15, 0.2) is 24.5 Å². The van der Waals surface area contributed by atoms with E-state index < -0.39 is 17.1 Å². The van der Waals surface area contributed by atoms with Gasteiger partial charge in [-0.2, -0.15) is 0 Å². The van der Waals surface area contributed by atoms with Crippen LogP contribution in [0.1, 0.15) is 50.9 Å². The van der Waals surface area contributed by atoms with Crippen molar-refractivity contribution in [2.24, 2.45) is 5.41 Å². The molecule has 0 radical (unpaired) electrons. The standard InChI is InChI=1S/C27H34N4O6/c1-26(2,3)37-25(33)31-10-8-9-27(4,15-31)23(32)17-13-28-24-21(17)30-18(14-29-24)16-11-19(34-5)22(36-7)20(12-16)35-6/h11-14H,8-10,15H2,1-7H3,(H,28,29). The number of benzene rings is 1. The second kappa shape index (κ2) is 9.91. The van der Waals surface area contributed by atoms with E-state index in [2.05, 4.69) is 9.97 Å². The van der Waals surface area contributed by atoms with Crippen LogP contribution in [-0.2, 0) is 4.74 Å². The molecule has 0 saturated carbocycles. The molecule has 10 heteroatoms. The summed E-state index contributed by atoms with van der Waals surface area (Å²) in [5.41, 5.74) is 1.26. The van der Waals surface area contributed by atoms with E-state index in [0.717, 1.165) is 0 Å². The van der Waals surface area contributed by atoms with E-state index in [1.807, 2.05) is 27.7 Å². The van der Waals surface area contributed by atoms with E-state index in [-0.39, 0.29) is 12.3 Å². The molecule has 0 spiro atoms. The van der Waals surface area contributed by atoms with Crippen molar-refractivity contribution in [3.63, 3.8) is 0 Å². The molecular weight excluding hydrogens is 476 g/mol. The van der Waals surface area contributed by atoms with Gasteiger partial charge < -0.3 is 28.8 Å². The van der Waals surface area contributed by atoms with Crippen molar-refractivity contribution in [1.29, 1.82) is 0 Å². The van der Waals surface area contributed by atoms with Gasteiger partial charge in [-0.1, -0.05) is 6.92 Å². The number of hydrogen-bond donors (Lipinski definition) is 1. The smallest absolute Gasteiger partial charge is 0.410 e. The average Bonchev–Trinajstić information content (AvgIpc) is 3.29. The lowest BCUT2D eigenvalue weighted by Crippen LogP contribution is -2.49. The van der Waals surface area contributed by atoms with E-state index in [1.165, 1.54) is 0 Å². The van der Waals surface area contributed by atoms with Crippen molar-refractivity contribution in [3.05, 3.63) is 30.1 Å². The van der Waals surface area contributed by atoms with Gasteiger partial charge in [0.15, 0.2) is 22.9 Å². The van der Waals surface area contributed by atoms with Crippen molar-refractivity contribution in [3.8, 4) is 28.5 Å². The number of piperidine rings is 1. The third-order valence-corrected chi connectivity index (χ3v) is 6.48. The predicted octanol–water partition coefficient (Wildman–Crippen LogP) is 4.87. The molecule has 0 bridgehead atoms. The van der Waals surface area contributed by atoms with Gasteiger partial charge in [-0.25, -0.2) is 14.8 Å². The fraction of sp³-hybridized carbons (Fsp3) is 0.481. The monoisotopic (exact) mass is 510 g/mol. The molecule has 1 amide bonds. The molecule has 2 aromatic heterocycles. The number of aromatic nitrogens is 3. The van der Waals surface area contributed by atoms with E-state index >= 15 is 0 Å². The number of carbonyl (C=O) groups is 2. The summed E-state index contributed by atoms with van der Waals surface area (Å²) in [5.74, 6) is 1.35. The van der Waals surface area contributed by atoms with Gasteiger partial charge in [-0.3, -0.25) is 4.79 Å². The number of nitrogens with zero attached hydrogens (tertiary/aromatic N) is 3. The summed E-state index contributed by atoms with van der Waals surface area (Å²) in [6, 6.07) is 3.57. The molecule has 1 unspecified atom stereocenters. The molecular formula is C27H34N4O6. The number of rotatable bonds is 6. The maximum atomic E-state index is 13.9. The normalized spacial score (nSPS) is 18.0. The van der Waals surface area contributed by atoms with Crippen molar-refractivity contribution in [2.45, 2.75) is 46.1 Å². The quantitative estimate of drug-likeness (QED) is 0.467. The Labute approximate surface area is 216 Å². The first-order valence-electron chi connectivity index (χ1n) is 12.2. The number of likely N-dealkylation sites (tertiary alicyclic amines) is 1. The number of Topliss-reactive ketones (excluding diaryl/α,β-unsaturated/α-hetero) is 1. The lowest BCUT2D eigenvalue weighted by molar-refractivity contribution is 0.00854. The van der Waals surface area contributed by atoms with Crippen LogP contribution in [0.5, 0.6) is 17.2 Å². The van der Waals surface area contributed by atoms with Gasteiger partial charge in [-0.15, -0.1) is 0 Å². The molecule has 1 saturated heterocycles. The Bertz CT molecular complexity index is 1300. The van der Waals surface area contributed by atoms with Crippen LogP contribution in [0.25, 0.3) is 22.4 Å². The van der Waals surface area contributed by atoms with E-state index in [9.17, 15) is 9.59 Å². The van der Waals surface area contributed by atoms with Crippen LogP contribution in [0.2, 0.25) is 0 Å². The third-order valence-electron chi connectivity index (χ3n) is 6.48. The van der Waals surface area contributed by atoms with Crippen LogP contribution in [0.3, 0.4) is 0 Å². The fourth-order valence-electron chi connectivity index (χ4n) is 4.66. The molecule has 1 fully saturated rings. The lowest BCUT2D eigenvalue weighted by atomic mass is 9.76. The van der Waals surface area contributed by atoms with Gasteiger partial charge in [0.05, 0.1) is 38.8 Å². The zero-order valence-electron chi connectivity index (χ0n) is 22.4. The first-order valence-corrected chi connectivity index (χ1v) is 12.2. The molecule has 10 nitrogen and oxygen atoms in total. The predicted molar refractivity (Wildman–Crippen MR) is 138 cm³/mol. The number of nitrogens with one attached hydrogen (secondary N) is 1.